The van der Waals surface area contributed by atoms with Gasteiger partial charge in [0, 0.05) is 44.9 Å². The van der Waals surface area contributed by atoms with E-state index in [1.165, 1.54) is 42.6 Å². The zero-order chi connectivity index (χ0) is 19.6. The average Bonchev–Trinajstić information content (AvgIpc) is 3.06. The Hall–Kier alpha value is -3.37. The third kappa shape index (κ3) is 4.07. The molecule has 0 unspecified atom stereocenters. The van der Waals surface area contributed by atoms with Gasteiger partial charge in [0.25, 0.3) is 17.3 Å². The van der Waals surface area contributed by atoms with Gasteiger partial charge in [0.2, 0.25) is 0 Å². The van der Waals surface area contributed by atoms with Crippen LogP contribution in [0.3, 0.4) is 0 Å². The fourth-order valence-electron chi connectivity index (χ4n) is 2.22. The maximum Gasteiger partial charge on any atom is 0.281 e. The van der Waals surface area contributed by atoms with Crippen molar-refractivity contribution in [1.29, 1.82) is 0 Å². The summed E-state index contributed by atoms with van der Waals surface area (Å²) in [5.74, 6) is -0.517. The highest BCUT2D eigenvalue weighted by molar-refractivity contribution is 7.20. The van der Waals surface area contributed by atoms with E-state index in [2.05, 4.69) is 10.5 Å². The number of nitrogens with one attached hydrogen (secondary N) is 1. The van der Waals surface area contributed by atoms with E-state index in [-0.39, 0.29) is 22.0 Å². The largest absolute Gasteiger partial charge is 0.281 e. The van der Waals surface area contributed by atoms with Crippen LogP contribution in [0.1, 0.15) is 15.2 Å². The van der Waals surface area contributed by atoms with E-state index in [0.29, 0.717) is 10.3 Å². The van der Waals surface area contributed by atoms with Crippen molar-refractivity contribution in [3.8, 4) is 0 Å². The first-order valence-corrected chi connectivity index (χ1v) is 8.50. The Morgan fingerprint density at radius 3 is 2.44 bits per heavy atom. The van der Waals surface area contributed by atoms with Gasteiger partial charge in [-0.25, -0.2) is 5.43 Å². The number of nitrogens with zero attached hydrogens (tertiary/aromatic N) is 3. The Labute approximate surface area is 160 Å². The van der Waals surface area contributed by atoms with Gasteiger partial charge in [0.15, 0.2) is 0 Å². The van der Waals surface area contributed by atoms with E-state index < -0.39 is 15.8 Å². The van der Waals surface area contributed by atoms with Crippen molar-refractivity contribution in [2.75, 3.05) is 0 Å². The first kappa shape index (κ1) is 18.4. The third-order valence-electron chi connectivity index (χ3n) is 3.49. The van der Waals surface area contributed by atoms with Crippen LogP contribution in [0.5, 0.6) is 0 Å². The number of benzene rings is 2. The summed E-state index contributed by atoms with van der Waals surface area (Å²) in [4.78, 5) is 33.0. The van der Waals surface area contributed by atoms with Gasteiger partial charge in [0.1, 0.15) is 0 Å². The summed E-state index contributed by atoms with van der Waals surface area (Å²) in [5, 5.41) is 26.2. The highest BCUT2D eigenvalue weighted by Crippen LogP contribution is 2.29. The summed E-state index contributed by atoms with van der Waals surface area (Å²) >= 11 is 7.11. The van der Waals surface area contributed by atoms with E-state index in [1.807, 2.05) is 0 Å². The minimum Gasteiger partial charge on any atom is -0.266 e. The molecule has 3 rings (SSSR count). The lowest BCUT2D eigenvalue weighted by Gasteiger charge is -1.99. The predicted molar refractivity (Wildman–Crippen MR) is 102 cm³/mol. The Morgan fingerprint density at radius 2 is 1.74 bits per heavy atom. The third-order valence-corrected chi connectivity index (χ3v) is 4.95. The van der Waals surface area contributed by atoms with Gasteiger partial charge in [-0.05, 0) is 18.2 Å². The number of carbonyl (C=O) groups excluding carboxylic acids is 1. The van der Waals surface area contributed by atoms with Crippen molar-refractivity contribution in [2.24, 2.45) is 5.10 Å². The second-order valence-electron chi connectivity index (χ2n) is 5.25. The van der Waals surface area contributed by atoms with Crippen LogP contribution >= 0.6 is 22.9 Å². The molecular formula is C16H9ClN4O5S. The number of carbonyl (C=O) groups is 1. The molecule has 3 aromatic rings. The molecular weight excluding hydrogens is 396 g/mol. The number of fused-ring (bicyclic) bond motifs is 1. The number of hydrogen-bond donors (Lipinski definition) is 1. The second kappa shape index (κ2) is 7.48. The fourth-order valence-corrected chi connectivity index (χ4v) is 3.31. The molecule has 0 aliphatic rings. The minimum atomic E-state index is -0.567. The molecule has 0 saturated heterocycles. The van der Waals surface area contributed by atoms with E-state index >= 15 is 0 Å². The lowest BCUT2D eigenvalue weighted by atomic mass is 10.2. The molecule has 9 nitrogen and oxygen atoms in total. The van der Waals surface area contributed by atoms with Crippen molar-refractivity contribution < 1.29 is 14.6 Å². The SMILES string of the molecule is O=C(NN=Cc1cc([N+](=O)[O-])ccc1Cl)c1cc2cc([N+](=O)[O-])ccc2s1. The number of halogens is 1. The van der Waals surface area contributed by atoms with E-state index in [9.17, 15) is 25.0 Å². The Balaban J connectivity index is 1.77. The fraction of sp³-hybridized carbons (Fsp3) is 0. The first-order valence-electron chi connectivity index (χ1n) is 7.30. The van der Waals surface area contributed by atoms with Crippen LogP contribution < -0.4 is 5.43 Å². The molecule has 1 heterocycles. The van der Waals surface area contributed by atoms with Gasteiger partial charge in [-0.3, -0.25) is 25.0 Å². The number of nitro groups is 2. The molecule has 27 heavy (non-hydrogen) atoms. The molecule has 0 radical (unpaired) electrons. The molecule has 2 aromatic carbocycles. The molecule has 136 valence electrons. The summed E-state index contributed by atoms with van der Waals surface area (Å²) in [6.07, 6.45) is 1.20. The number of nitro benzene ring substituents is 2. The van der Waals surface area contributed by atoms with Crippen LogP contribution in [0.15, 0.2) is 47.6 Å². The summed E-state index contributed by atoms with van der Waals surface area (Å²) in [7, 11) is 0. The molecule has 0 fully saturated rings. The topological polar surface area (TPSA) is 128 Å². The summed E-state index contributed by atoms with van der Waals surface area (Å²) in [5.41, 5.74) is 2.36. The number of non-ortho nitro benzene ring substituents is 2. The monoisotopic (exact) mass is 404 g/mol. The molecule has 0 spiro atoms. The smallest absolute Gasteiger partial charge is 0.266 e. The predicted octanol–water partition coefficient (Wildman–Crippen LogP) is 4.14. The molecule has 0 bridgehead atoms. The molecule has 0 atom stereocenters. The van der Waals surface area contributed by atoms with E-state index in [0.717, 1.165) is 16.0 Å². The zero-order valence-corrected chi connectivity index (χ0v) is 14.9. The number of amides is 1. The van der Waals surface area contributed by atoms with Crippen LogP contribution in [0.25, 0.3) is 10.1 Å². The van der Waals surface area contributed by atoms with E-state index in [1.54, 1.807) is 6.07 Å². The summed E-state index contributed by atoms with van der Waals surface area (Å²) < 4.78 is 0.719. The standard InChI is InChI=1S/C16H9ClN4O5S/c17-13-3-1-11(20(23)24)6-10(13)8-18-19-16(22)15-7-9-5-12(21(25)26)2-4-14(9)27-15/h1-8H,(H,19,22). The maximum absolute atomic E-state index is 12.2. The van der Waals surface area contributed by atoms with Gasteiger partial charge < -0.3 is 0 Å². The number of hydrogen-bond acceptors (Lipinski definition) is 7. The van der Waals surface area contributed by atoms with Gasteiger partial charge in [-0.15, -0.1) is 11.3 Å². The molecule has 0 aliphatic heterocycles. The lowest BCUT2D eigenvalue weighted by molar-refractivity contribution is -0.385. The average molecular weight is 405 g/mol. The first-order chi connectivity index (χ1) is 12.8. The summed E-state index contributed by atoms with van der Waals surface area (Å²) in [6, 6.07) is 9.70. The Kier molecular flexibility index (Phi) is 5.10. The minimum absolute atomic E-state index is 0.0643. The van der Waals surface area contributed by atoms with Crippen molar-refractivity contribution in [3.05, 3.63) is 78.2 Å². The van der Waals surface area contributed by atoms with Crippen LogP contribution in [0.2, 0.25) is 5.02 Å². The molecule has 11 heteroatoms. The Bertz CT molecular complexity index is 1110. The van der Waals surface area contributed by atoms with Crippen molar-refractivity contribution >= 4 is 56.5 Å². The van der Waals surface area contributed by atoms with Gasteiger partial charge in [-0.2, -0.15) is 5.10 Å². The van der Waals surface area contributed by atoms with Crippen molar-refractivity contribution in [3.63, 3.8) is 0 Å². The normalized spacial score (nSPS) is 11.0. The maximum atomic E-state index is 12.2. The van der Waals surface area contributed by atoms with Crippen LogP contribution in [-0.4, -0.2) is 22.0 Å². The lowest BCUT2D eigenvalue weighted by Crippen LogP contribution is -2.16. The summed E-state index contributed by atoms with van der Waals surface area (Å²) in [6.45, 7) is 0. The quantitative estimate of drug-likeness (QED) is 0.388. The highest BCUT2D eigenvalue weighted by atomic mass is 35.5. The number of hydrazone groups is 1. The Morgan fingerprint density at radius 1 is 1.07 bits per heavy atom. The molecule has 1 N–H and O–H groups in total. The molecule has 1 amide bonds. The van der Waals surface area contributed by atoms with Crippen molar-refractivity contribution in [1.82, 2.24) is 5.43 Å². The van der Waals surface area contributed by atoms with Crippen LogP contribution in [0, 0.1) is 20.2 Å². The second-order valence-corrected chi connectivity index (χ2v) is 6.74. The highest BCUT2D eigenvalue weighted by Gasteiger charge is 2.13. The zero-order valence-electron chi connectivity index (χ0n) is 13.3. The van der Waals surface area contributed by atoms with Crippen LogP contribution in [-0.2, 0) is 0 Å². The van der Waals surface area contributed by atoms with Crippen LogP contribution in [0.4, 0.5) is 11.4 Å². The molecule has 1 aromatic heterocycles. The van der Waals surface area contributed by atoms with Gasteiger partial charge in [0.05, 0.1) is 20.9 Å². The van der Waals surface area contributed by atoms with Crippen molar-refractivity contribution in [2.45, 2.75) is 0 Å². The number of thiophene rings is 1. The molecule has 0 saturated carbocycles. The van der Waals surface area contributed by atoms with Gasteiger partial charge in [-0.1, -0.05) is 11.6 Å². The number of rotatable bonds is 5. The molecule has 0 aliphatic carbocycles. The van der Waals surface area contributed by atoms with Gasteiger partial charge >= 0.3 is 0 Å². The van der Waals surface area contributed by atoms with E-state index in [4.69, 9.17) is 11.6 Å².